The van der Waals surface area contributed by atoms with Crippen molar-refractivity contribution >= 4 is 11.9 Å². The fourth-order valence-corrected chi connectivity index (χ4v) is 3.81. The van der Waals surface area contributed by atoms with E-state index in [0.29, 0.717) is 31.0 Å². The van der Waals surface area contributed by atoms with Crippen LogP contribution in [0.3, 0.4) is 0 Å². The van der Waals surface area contributed by atoms with E-state index in [1.54, 1.807) is 23.1 Å². The van der Waals surface area contributed by atoms with Crippen LogP contribution in [0.4, 0.5) is 9.18 Å². The van der Waals surface area contributed by atoms with Crippen molar-refractivity contribution in [3.63, 3.8) is 0 Å². The van der Waals surface area contributed by atoms with Gasteiger partial charge in [0.25, 0.3) is 0 Å². The van der Waals surface area contributed by atoms with Crippen LogP contribution in [0.5, 0.6) is 0 Å². The maximum absolute atomic E-state index is 14.1. The van der Waals surface area contributed by atoms with Gasteiger partial charge in [0.15, 0.2) is 0 Å². The summed E-state index contributed by atoms with van der Waals surface area (Å²) < 4.78 is 14.1. The minimum Gasteiger partial charge on any atom is -0.343 e. The van der Waals surface area contributed by atoms with Crippen molar-refractivity contribution in [3.8, 4) is 0 Å². The van der Waals surface area contributed by atoms with Crippen molar-refractivity contribution in [2.75, 3.05) is 26.2 Å². The number of rotatable bonds is 4. The van der Waals surface area contributed by atoms with Gasteiger partial charge in [-0.25, -0.2) is 9.18 Å². The molecule has 1 aromatic rings. The Hall–Kier alpha value is -2.11. The van der Waals surface area contributed by atoms with Gasteiger partial charge in [0.05, 0.1) is 6.04 Å². The van der Waals surface area contributed by atoms with Crippen LogP contribution in [0.1, 0.15) is 44.2 Å². The highest BCUT2D eigenvalue weighted by Gasteiger charge is 2.35. The van der Waals surface area contributed by atoms with Crippen LogP contribution in [-0.2, 0) is 4.79 Å². The number of carbonyl (C=O) groups is 2. The molecule has 1 N–H and O–H groups in total. The number of carbonyl (C=O) groups excluding carboxylic acids is 2. The number of nitrogens with one attached hydrogen (secondary N) is 1. The third-order valence-corrected chi connectivity index (χ3v) is 5.11. The molecule has 3 amide bonds. The van der Waals surface area contributed by atoms with E-state index in [1.807, 2.05) is 4.90 Å². The summed E-state index contributed by atoms with van der Waals surface area (Å²) in [5.41, 5.74) is 0.565. The minimum atomic E-state index is -0.274. The van der Waals surface area contributed by atoms with Crippen LogP contribution in [0.15, 0.2) is 24.3 Å². The zero-order valence-electron chi connectivity index (χ0n) is 14.7. The molecule has 3 rings (SSSR count). The molecule has 136 valence electrons. The quantitative estimate of drug-likeness (QED) is 0.910. The van der Waals surface area contributed by atoms with E-state index < -0.39 is 0 Å². The zero-order valence-corrected chi connectivity index (χ0v) is 14.7. The van der Waals surface area contributed by atoms with Crippen molar-refractivity contribution in [2.45, 2.75) is 38.6 Å². The lowest BCUT2D eigenvalue weighted by molar-refractivity contribution is -0.129. The molecule has 2 aliphatic heterocycles. The van der Waals surface area contributed by atoms with Crippen molar-refractivity contribution in [1.29, 1.82) is 0 Å². The smallest absolute Gasteiger partial charge is 0.317 e. The molecule has 25 heavy (non-hydrogen) atoms. The molecule has 2 saturated heterocycles. The molecule has 0 saturated carbocycles. The Labute approximate surface area is 148 Å². The number of nitrogens with zero attached hydrogens (tertiary/aromatic N) is 2. The molecule has 0 aliphatic carbocycles. The highest BCUT2D eigenvalue weighted by Crippen LogP contribution is 2.36. The van der Waals surface area contributed by atoms with Gasteiger partial charge in [-0.05, 0) is 31.2 Å². The second-order valence-corrected chi connectivity index (χ2v) is 7.10. The summed E-state index contributed by atoms with van der Waals surface area (Å²) in [5, 5.41) is 2.84. The summed E-state index contributed by atoms with van der Waals surface area (Å²) in [5.74, 6) is 0.142. The Morgan fingerprint density at radius 3 is 2.68 bits per heavy atom. The van der Waals surface area contributed by atoms with Crippen LogP contribution in [-0.4, -0.2) is 47.9 Å². The van der Waals surface area contributed by atoms with E-state index in [2.05, 4.69) is 12.2 Å². The third kappa shape index (κ3) is 4.11. The van der Waals surface area contributed by atoms with Crippen LogP contribution >= 0.6 is 0 Å². The largest absolute Gasteiger partial charge is 0.343 e. The number of amides is 3. The van der Waals surface area contributed by atoms with Crippen LogP contribution in [0.25, 0.3) is 0 Å². The molecule has 2 heterocycles. The topological polar surface area (TPSA) is 52.7 Å². The number of halogens is 1. The SMILES string of the molecule is C[C@@H]1C[C@@H](c2ccccc2F)N(C(=O)NCCC(=O)N2CCCC2)C1. The van der Waals surface area contributed by atoms with Crippen molar-refractivity contribution < 1.29 is 14.0 Å². The Morgan fingerprint density at radius 2 is 1.96 bits per heavy atom. The van der Waals surface area contributed by atoms with E-state index >= 15 is 0 Å². The Kier molecular flexibility index (Phi) is 5.56. The van der Waals surface area contributed by atoms with E-state index in [-0.39, 0.29) is 23.8 Å². The van der Waals surface area contributed by atoms with Crippen molar-refractivity contribution in [1.82, 2.24) is 15.1 Å². The molecule has 0 spiro atoms. The Morgan fingerprint density at radius 1 is 1.24 bits per heavy atom. The summed E-state index contributed by atoms with van der Waals surface area (Å²) >= 11 is 0. The molecule has 0 bridgehead atoms. The van der Waals surface area contributed by atoms with Crippen LogP contribution in [0.2, 0.25) is 0 Å². The van der Waals surface area contributed by atoms with Crippen LogP contribution in [0, 0.1) is 11.7 Å². The van der Waals surface area contributed by atoms with E-state index in [0.717, 1.165) is 32.4 Å². The highest BCUT2D eigenvalue weighted by molar-refractivity contribution is 5.79. The fourth-order valence-electron chi connectivity index (χ4n) is 3.81. The second kappa shape index (κ2) is 7.85. The van der Waals surface area contributed by atoms with Gasteiger partial charge in [-0.15, -0.1) is 0 Å². The lowest BCUT2D eigenvalue weighted by Crippen LogP contribution is -2.41. The summed E-state index contributed by atoms with van der Waals surface area (Å²) in [6.45, 7) is 4.64. The summed E-state index contributed by atoms with van der Waals surface area (Å²) in [6.07, 6.45) is 3.20. The van der Waals surface area contributed by atoms with Gasteiger partial charge in [-0.3, -0.25) is 4.79 Å². The van der Waals surface area contributed by atoms with Gasteiger partial charge in [-0.1, -0.05) is 25.1 Å². The normalized spacial score (nSPS) is 23.1. The molecule has 0 aromatic heterocycles. The summed E-state index contributed by atoms with van der Waals surface area (Å²) in [6, 6.07) is 6.17. The highest BCUT2D eigenvalue weighted by atomic mass is 19.1. The average molecular weight is 347 g/mol. The molecule has 0 unspecified atom stereocenters. The average Bonchev–Trinajstić information content (AvgIpc) is 3.24. The van der Waals surface area contributed by atoms with Crippen molar-refractivity contribution in [3.05, 3.63) is 35.6 Å². The van der Waals surface area contributed by atoms with E-state index in [9.17, 15) is 14.0 Å². The first-order chi connectivity index (χ1) is 12.1. The first-order valence-corrected chi connectivity index (χ1v) is 9.13. The fraction of sp³-hybridized carbons (Fsp3) is 0.579. The maximum atomic E-state index is 14.1. The molecule has 2 atom stereocenters. The number of benzene rings is 1. The molecule has 0 radical (unpaired) electrons. The predicted molar refractivity (Wildman–Crippen MR) is 93.5 cm³/mol. The Bertz CT molecular complexity index is 631. The standard InChI is InChI=1S/C19H26FN3O2/c1-14-12-17(15-6-2-3-7-16(15)20)23(13-14)19(25)21-9-8-18(24)22-10-4-5-11-22/h2-3,6-7,14,17H,4-5,8-13H2,1H3,(H,21,25)/t14-,17+/m1/s1. The van der Waals surface area contributed by atoms with Gasteiger partial charge in [-0.2, -0.15) is 0 Å². The Balaban J connectivity index is 1.56. The number of likely N-dealkylation sites (tertiary alicyclic amines) is 2. The number of urea groups is 1. The molecular formula is C19H26FN3O2. The molecule has 5 nitrogen and oxygen atoms in total. The van der Waals surface area contributed by atoms with Gasteiger partial charge < -0.3 is 15.1 Å². The minimum absolute atomic E-state index is 0.0956. The van der Waals surface area contributed by atoms with Gasteiger partial charge in [0, 0.05) is 38.2 Å². The lowest BCUT2D eigenvalue weighted by Gasteiger charge is -2.26. The van der Waals surface area contributed by atoms with E-state index in [4.69, 9.17) is 0 Å². The first kappa shape index (κ1) is 17.7. The van der Waals surface area contributed by atoms with Gasteiger partial charge in [0.1, 0.15) is 5.82 Å². The lowest BCUT2D eigenvalue weighted by atomic mass is 10.0. The summed E-state index contributed by atoms with van der Waals surface area (Å²) in [4.78, 5) is 28.1. The second-order valence-electron chi connectivity index (χ2n) is 7.10. The maximum Gasteiger partial charge on any atom is 0.317 e. The van der Waals surface area contributed by atoms with Gasteiger partial charge in [0.2, 0.25) is 5.91 Å². The number of hydrogen-bond acceptors (Lipinski definition) is 2. The van der Waals surface area contributed by atoms with Gasteiger partial charge >= 0.3 is 6.03 Å². The summed E-state index contributed by atoms with van der Waals surface area (Å²) in [7, 11) is 0. The monoisotopic (exact) mass is 347 g/mol. The molecule has 1 aromatic carbocycles. The molecule has 6 heteroatoms. The molecule has 2 fully saturated rings. The third-order valence-electron chi connectivity index (χ3n) is 5.11. The zero-order chi connectivity index (χ0) is 17.8. The van der Waals surface area contributed by atoms with Crippen molar-refractivity contribution in [2.24, 2.45) is 5.92 Å². The molecule has 2 aliphatic rings. The molecular weight excluding hydrogens is 321 g/mol. The predicted octanol–water partition coefficient (Wildman–Crippen LogP) is 2.93. The van der Waals surface area contributed by atoms with Crippen LogP contribution < -0.4 is 5.32 Å². The number of hydrogen-bond donors (Lipinski definition) is 1. The first-order valence-electron chi connectivity index (χ1n) is 9.13. The van der Waals surface area contributed by atoms with E-state index in [1.165, 1.54) is 6.07 Å².